The minimum absolute atomic E-state index is 0.0724. The lowest BCUT2D eigenvalue weighted by atomic mass is 9.63. The van der Waals surface area contributed by atoms with Gasteiger partial charge in [0.25, 0.3) is 0 Å². The van der Waals surface area contributed by atoms with E-state index in [0.29, 0.717) is 5.92 Å². The molecule has 0 amide bonds. The molecular weight excluding hydrogens is 224 g/mol. The molecule has 0 aromatic heterocycles. The molecule has 3 rings (SSSR count). The van der Waals surface area contributed by atoms with Crippen LogP contribution in [0.15, 0.2) is 24.3 Å². The molecule has 1 saturated carbocycles. The molecule has 2 heteroatoms. The zero-order valence-electron chi connectivity index (χ0n) is 11.1. The molecule has 1 N–H and O–H groups in total. The van der Waals surface area contributed by atoms with Crippen molar-refractivity contribution in [1.82, 2.24) is 0 Å². The second kappa shape index (κ2) is 4.67. The SMILES string of the molecule is Cc1cccc(C2(C3CCC(O)CC3)COC2)c1. The third-order valence-electron chi connectivity index (χ3n) is 4.79. The zero-order valence-corrected chi connectivity index (χ0v) is 11.1. The molecule has 18 heavy (non-hydrogen) atoms. The van der Waals surface area contributed by atoms with Crippen molar-refractivity contribution in [2.75, 3.05) is 13.2 Å². The predicted molar refractivity (Wildman–Crippen MR) is 71.6 cm³/mol. The molecule has 98 valence electrons. The van der Waals surface area contributed by atoms with Crippen molar-refractivity contribution in [2.45, 2.75) is 44.1 Å². The number of aryl methyl sites for hydroxylation is 1. The molecule has 1 saturated heterocycles. The second-order valence-electron chi connectivity index (χ2n) is 6.02. The molecule has 1 heterocycles. The first-order valence-electron chi connectivity index (χ1n) is 7.04. The fourth-order valence-electron chi connectivity index (χ4n) is 3.54. The van der Waals surface area contributed by atoms with Gasteiger partial charge in [0.1, 0.15) is 0 Å². The molecule has 2 nitrogen and oxygen atoms in total. The van der Waals surface area contributed by atoms with Gasteiger partial charge in [0.15, 0.2) is 0 Å². The van der Waals surface area contributed by atoms with Crippen molar-refractivity contribution >= 4 is 0 Å². The fourth-order valence-corrected chi connectivity index (χ4v) is 3.54. The van der Waals surface area contributed by atoms with E-state index in [-0.39, 0.29) is 11.5 Å². The predicted octanol–water partition coefficient (Wildman–Crippen LogP) is 2.81. The van der Waals surface area contributed by atoms with Crippen LogP contribution in [0.1, 0.15) is 36.8 Å². The lowest BCUT2D eigenvalue weighted by molar-refractivity contribution is -0.103. The fraction of sp³-hybridized carbons (Fsp3) is 0.625. The van der Waals surface area contributed by atoms with E-state index in [1.165, 1.54) is 11.1 Å². The molecule has 0 atom stereocenters. The van der Waals surface area contributed by atoms with E-state index in [1.54, 1.807) is 0 Å². The molecule has 1 aliphatic carbocycles. The summed E-state index contributed by atoms with van der Waals surface area (Å²) in [5, 5.41) is 9.67. The molecule has 2 aliphatic rings. The first kappa shape index (κ1) is 12.2. The van der Waals surface area contributed by atoms with Gasteiger partial charge in [0, 0.05) is 5.41 Å². The molecule has 1 aromatic rings. The van der Waals surface area contributed by atoms with Crippen molar-refractivity contribution < 1.29 is 9.84 Å². The number of aliphatic hydroxyl groups excluding tert-OH is 1. The van der Waals surface area contributed by atoms with Gasteiger partial charge in [0.05, 0.1) is 19.3 Å². The van der Waals surface area contributed by atoms with E-state index in [1.807, 2.05) is 0 Å². The zero-order chi connectivity index (χ0) is 12.6. The van der Waals surface area contributed by atoms with Crippen LogP contribution in [0.2, 0.25) is 0 Å². The highest BCUT2D eigenvalue weighted by molar-refractivity contribution is 5.33. The standard InChI is InChI=1S/C16H22O2/c1-12-3-2-4-14(9-12)16(10-18-11-16)13-5-7-15(17)8-6-13/h2-4,9,13,15,17H,5-8,10-11H2,1H3. The number of hydrogen-bond donors (Lipinski definition) is 1. The summed E-state index contributed by atoms with van der Waals surface area (Å²) in [5.74, 6) is 0.677. The van der Waals surface area contributed by atoms with Gasteiger partial charge < -0.3 is 9.84 Å². The van der Waals surface area contributed by atoms with Crippen LogP contribution in [0.3, 0.4) is 0 Å². The van der Waals surface area contributed by atoms with Gasteiger partial charge in [-0.25, -0.2) is 0 Å². The summed E-state index contributed by atoms with van der Waals surface area (Å²) in [6.07, 6.45) is 4.12. The Balaban J connectivity index is 1.86. The van der Waals surface area contributed by atoms with Crippen molar-refractivity contribution in [1.29, 1.82) is 0 Å². The summed E-state index contributed by atoms with van der Waals surface area (Å²) in [5.41, 5.74) is 3.00. The molecular formula is C16H22O2. The topological polar surface area (TPSA) is 29.5 Å². The third kappa shape index (κ3) is 1.98. The van der Waals surface area contributed by atoms with Crippen LogP contribution in [-0.2, 0) is 10.2 Å². The maximum absolute atomic E-state index is 9.67. The molecule has 0 bridgehead atoms. The van der Waals surface area contributed by atoms with Gasteiger partial charge in [0.2, 0.25) is 0 Å². The lowest BCUT2D eigenvalue weighted by Gasteiger charge is -2.49. The Morgan fingerprint density at radius 3 is 2.44 bits per heavy atom. The largest absolute Gasteiger partial charge is 0.393 e. The monoisotopic (exact) mass is 246 g/mol. The van der Waals surface area contributed by atoms with Crippen LogP contribution in [-0.4, -0.2) is 24.4 Å². The van der Waals surface area contributed by atoms with Crippen LogP contribution in [0.25, 0.3) is 0 Å². The summed E-state index contributed by atoms with van der Waals surface area (Å²) in [6, 6.07) is 8.87. The van der Waals surface area contributed by atoms with Gasteiger partial charge in [-0.15, -0.1) is 0 Å². The molecule has 1 aromatic carbocycles. The maximum atomic E-state index is 9.67. The highest BCUT2D eigenvalue weighted by Crippen LogP contribution is 2.46. The van der Waals surface area contributed by atoms with E-state index in [2.05, 4.69) is 31.2 Å². The first-order chi connectivity index (χ1) is 8.71. The van der Waals surface area contributed by atoms with E-state index in [9.17, 15) is 5.11 Å². The molecule has 2 fully saturated rings. The van der Waals surface area contributed by atoms with Crippen molar-refractivity contribution in [3.63, 3.8) is 0 Å². The Morgan fingerprint density at radius 1 is 1.17 bits per heavy atom. The number of aliphatic hydroxyl groups is 1. The van der Waals surface area contributed by atoms with E-state index >= 15 is 0 Å². The van der Waals surface area contributed by atoms with Gasteiger partial charge in [-0.3, -0.25) is 0 Å². The maximum Gasteiger partial charge on any atom is 0.0588 e. The van der Waals surface area contributed by atoms with Crippen LogP contribution in [0, 0.1) is 12.8 Å². The van der Waals surface area contributed by atoms with Gasteiger partial charge in [-0.05, 0) is 44.1 Å². The Hall–Kier alpha value is -0.860. The number of hydrogen-bond acceptors (Lipinski definition) is 2. The van der Waals surface area contributed by atoms with Gasteiger partial charge in [-0.2, -0.15) is 0 Å². The highest BCUT2D eigenvalue weighted by Gasteiger charge is 2.47. The molecule has 1 aliphatic heterocycles. The average Bonchev–Trinajstić information content (AvgIpc) is 2.30. The van der Waals surface area contributed by atoms with Crippen LogP contribution in [0.4, 0.5) is 0 Å². The minimum Gasteiger partial charge on any atom is -0.393 e. The third-order valence-corrected chi connectivity index (χ3v) is 4.79. The van der Waals surface area contributed by atoms with Crippen LogP contribution in [0.5, 0.6) is 0 Å². The Bertz CT molecular complexity index is 415. The van der Waals surface area contributed by atoms with Crippen molar-refractivity contribution in [3.05, 3.63) is 35.4 Å². The summed E-state index contributed by atoms with van der Waals surface area (Å²) < 4.78 is 5.55. The average molecular weight is 246 g/mol. The number of rotatable bonds is 2. The van der Waals surface area contributed by atoms with E-state index in [0.717, 1.165) is 38.9 Å². The van der Waals surface area contributed by atoms with E-state index in [4.69, 9.17) is 4.74 Å². The Kier molecular flexibility index (Phi) is 3.16. The smallest absolute Gasteiger partial charge is 0.0588 e. The summed E-state index contributed by atoms with van der Waals surface area (Å²) in [6.45, 7) is 3.87. The second-order valence-corrected chi connectivity index (χ2v) is 6.02. The van der Waals surface area contributed by atoms with Crippen LogP contribution < -0.4 is 0 Å². The number of ether oxygens (including phenoxy) is 1. The first-order valence-corrected chi connectivity index (χ1v) is 7.04. The van der Waals surface area contributed by atoms with Gasteiger partial charge >= 0.3 is 0 Å². The Labute approximate surface area is 109 Å². The van der Waals surface area contributed by atoms with Crippen molar-refractivity contribution in [2.24, 2.45) is 5.92 Å². The van der Waals surface area contributed by atoms with Gasteiger partial charge in [-0.1, -0.05) is 29.8 Å². The quantitative estimate of drug-likeness (QED) is 0.869. The van der Waals surface area contributed by atoms with Crippen molar-refractivity contribution in [3.8, 4) is 0 Å². The van der Waals surface area contributed by atoms with Crippen LogP contribution >= 0.6 is 0 Å². The normalized spacial score (nSPS) is 30.8. The summed E-state index contributed by atoms with van der Waals surface area (Å²) in [7, 11) is 0. The molecule has 0 unspecified atom stereocenters. The highest BCUT2D eigenvalue weighted by atomic mass is 16.5. The lowest BCUT2D eigenvalue weighted by Crippen LogP contribution is -2.53. The summed E-state index contributed by atoms with van der Waals surface area (Å²) >= 11 is 0. The number of benzene rings is 1. The summed E-state index contributed by atoms with van der Waals surface area (Å²) in [4.78, 5) is 0. The van der Waals surface area contributed by atoms with E-state index < -0.39 is 0 Å². The molecule has 0 radical (unpaired) electrons. The molecule has 0 spiro atoms. The Morgan fingerprint density at radius 2 is 1.89 bits per heavy atom. The minimum atomic E-state index is -0.0724.